The highest BCUT2D eigenvalue weighted by molar-refractivity contribution is 8.77. The second-order valence-electron chi connectivity index (χ2n) is 13.3. The lowest BCUT2D eigenvalue weighted by Gasteiger charge is -2.26. The number of para-hydroxylation sites is 1. The van der Waals surface area contributed by atoms with Crippen LogP contribution < -0.4 is 20.9 Å². The molecule has 0 aromatic heterocycles. The Balaban J connectivity index is 0.957. The Bertz CT molecular complexity index is 1690. The van der Waals surface area contributed by atoms with E-state index in [0.29, 0.717) is 58.9 Å². The Kier molecular flexibility index (Phi) is 20.1. The van der Waals surface area contributed by atoms with Crippen molar-refractivity contribution < 1.29 is 33.4 Å². The van der Waals surface area contributed by atoms with Gasteiger partial charge in [-0.1, -0.05) is 85.3 Å². The maximum absolute atomic E-state index is 13.4. The molecule has 2 aromatic rings. The van der Waals surface area contributed by atoms with Gasteiger partial charge in [-0.2, -0.15) is 0 Å². The summed E-state index contributed by atoms with van der Waals surface area (Å²) in [5.41, 5.74) is 3.39. The number of rotatable bonds is 18. The van der Waals surface area contributed by atoms with Crippen LogP contribution in [0.4, 0.5) is 15.3 Å². The molecule has 0 saturated carbocycles. The first-order valence-electron chi connectivity index (χ1n) is 19.6. The van der Waals surface area contributed by atoms with Gasteiger partial charge in [0.05, 0.1) is 45.1 Å². The second-order valence-corrected chi connectivity index (χ2v) is 18.7. The zero-order valence-electron chi connectivity index (χ0n) is 32.7. The predicted octanol–water partition coefficient (Wildman–Crippen LogP) is 3.89. The third-order valence-corrected chi connectivity index (χ3v) is 14.1. The molecule has 3 N–H and O–H groups in total. The van der Waals surface area contributed by atoms with E-state index in [0.717, 1.165) is 45.4 Å². The molecule has 0 bridgehead atoms. The van der Waals surface area contributed by atoms with Crippen molar-refractivity contribution in [2.24, 2.45) is 0 Å². The fraction of sp³-hybridized carbons (Fsp3) is 0.525. The van der Waals surface area contributed by atoms with Crippen molar-refractivity contribution in [2.75, 3.05) is 113 Å². The van der Waals surface area contributed by atoms with Crippen LogP contribution in [0.1, 0.15) is 36.0 Å². The van der Waals surface area contributed by atoms with Gasteiger partial charge in [-0.3, -0.25) is 14.4 Å². The van der Waals surface area contributed by atoms with Gasteiger partial charge in [-0.15, -0.1) is 0 Å². The van der Waals surface area contributed by atoms with Gasteiger partial charge in [0.1, 0.15) is 0 Å². The molecule has 5 rings (SSSR count). The SMILES string of the molecule is O=C(CCOCCOCCC(=O)N(CCNC(=O)N1CCSSCC1)CCNC(=O)N1CCSSCC1)NCCC(=O)N1Cc2ccccc2C#Cc2ccccc21. The first-order valence-corrected chi connectivity index (χ1v) is 24.6. The second kappa shape index (κ2) is 25.7. The summed E-state index contributed by atoms with van der Waals surface area (Å²) in [6, 6.07) is 15.1. The Morgan fingerprint density at radius 3 is 1.78 bits per heavy atom. The van der Waals surface area contributed by atoms with Crippen LogP contribution in [-0.4, -0.2) is 153 Å². The van der Waals surface area contributed by atoms with Crippen LogP contribution in [0.2, 0.25) is 0 Å². The third-order valence-electron chi connectivity index (χ3n) is 9.33. The first kappa shape index (κ1) is 45.4. The number of nitrogens with one attached hydrogen (secondary N) is 3. The number of carbonyl (C=O) groups is 5. The number of ether oxygens (including phenoxy) is 2. The summed E-state index contributed by atoms with van der Waals surface area (Å²) in [4.78, 5) is 71.5. The van der Waals surface area contributed by atoms with Gasteiger partial charge in [-0.05, 0) is 23.8 Å². The molecular formula is C40H53N7O7S4. The van der Waals surface area contributed by atoms with Gasteiger partial charge in [0.15, 0.2) is 0 Å². The normalized spacial score (nSPS) is 15.2. The van der Waals surface area contributed by atoms with Crippen molar-refractivity contribution in [2.45, 2.75) is 25.8 Å². The number of hydrogen-bond donors (Lipinski definition) is 3. The van der Waals surface area contributed by atoms with E-state index < -0.39 is 0 Å². The molecule has 0 atom stereocenters. The van der Waals surface area contributed by atoms with E-state index in [2.05, 4.69) is 27.8 Å². The van der Waals surface area contributed by atoms with Crippen molar-refractivity contribution in [3.05, 3.63) is 65.2 Å². The highest BCUT2D eigenvalue weighted by atomic mass is 33.1. The maximum atomic E-state index is 13.4. The Morgan fingerprint density at radius 1 is 0.621 bits per heavy atom. The van der Waals surface area contributed by atoms with E-state index in [9.17, 15) is 24.0 Å². The zero-order valence-corrected chi connectivity index (χ0v) is 36.0. The van der Waals surface area contributed by atoms with E-state index in [-0.39, 0.29) is 82.0 Å². The molecule has 14 nitrogen and oxygen atoms in total. The van der Waals surface area contributed by atoms with E-state index in [1.165, 1.54) is 0 Å². The van der Waals surface area contributed by atoms with Crippen molar-refractivity contribution in [1.29, 1.82) is 0 Å². The molecule has 314 valence electrons. The molecule has 7 amide bonds. The van der Waals surface area contributed by atoms with E-state index in [4.69, 9.17) is 9.47 Å². The Morgan fingerprint density at radius 2 is 1.16 bits per heavy atom. The fourth-order valence-corrected chi connectivity index (χ4v) is 10.1. The summed E-state index contributed by atoms with van der Waals surface area (Å²) in [6.45, 7) is 5.41. The number of hydrogen-bond acceptors (Lipinski definition) is 11. The maximum Gasteiger partial charge on any atom is 0.317 e. The van der Waals surface area contributed by atoms with Crippen LogP contribution in [0.25, 0.3) is 0 Å². The zero-order chi connectivity index (χ0) is 40.8. The molecule has 0 radical (unpaired) electrons. The highest BCUT2D eigenvalue weighted by Gasteiger charge is 2.22. The van der Waals surface area contributed by atoms with Crippen LogP contribution in [-0.2, 0) is 30.4 Å². The average Bonchev–Trinajstić information content (AvgIpc) is 3.69. The van der Waals surface area contributed by atoms with Crippen LogP contribution >= 0.6 is 43.2 Å². The highest BCUT2D eigenvalue weighted by Crippen LogP contribution is 2.26. The summed E-state index contributed by atoms with van der Waals surface area (Å²) in [5.74, 6) is 9.46. The minimum atomic E-state index is -0.218. The number of amides is 7. The molecule has 18 heteroatoms. The molecule has 2 saturated heterocycles. The standard InChI is InChI=1S/C40H53N7O7S4/c48-36(41-14-11-38(50)47-31-34-7-2-1-5-32(34)9-10-33-6-3-4-8-35(33)47)12-23-53-25-26-54-24-13-37(49)44(17-15-42-39(51)45-19-27-55-56-28-20-45)18-16-43-40(52)46-21-29-57-58-30-22-46/h1-8H,11-31H2,(H,41,48)(H,42,51)(H,43,52). The molecule has 0 unspecified atom stereocenters. The summed E-state index contributed by atoms with van der Waals surface area (Å²) in [6.07, 6.45) is 0.404. The lowest BCUT2D eigenvalue weighted by Crippen LogP contribution is -2.48. The number of fused-ring (bicyclic) bond motifs is 2. The molecule has 2 aromatic carbocycles. The Hall–Kier alpha value is -3.73. The summed E-state index contributed by atoms with van der Waals surface area (Å²) in [7, 11) is 7.06. The lowest BCUT2D eigenvalue weighted by molar-refractivity contribution is -0.132. The lowest BCUT2D eigenvalue weighted by atomic mass is 10.0. The van der Waals surface area contributed by atoms with Crippen molar-refractivity contribution in [1.82, 2.24) is 30.7 Å². The number of anilines is 1. The molecule has 58 heavy (non-hydrogen) atoms. The third kappa shape index (κ3) is 15.5. The summed E-state index contributed by atoms with van der Waals surface area (Å²) in [5, 5.41) is 8.70. The van der Waals surface area contributed by atoms with E-state index in [1.54, 1.807) is 62.8 Å². The largest absolute Gasteiger partial charge is 0.379 e. The van der Waals surface area contributed by atoms with Gasteiger partial charge >= 0.3 is 12.1 Å². The number of urea groups is 2. The predicted molar refractivity (Wildman–Crippen MR) is 235 cm³/mol. The monoisotopic (exact) mass is 871 g/mol. The van der Waals surface area contributed by atoms with Crippen molar-refractivity contribution in [3.8, 4) is 11.8 Å². The van der Waals surface area contributed by atoms with Crippen molar-refractivity contribution >= 4 is 78.6 Å². The minimum absolute atomic E-state index is 0.108. The molecule has 3 aliphatic heterocycles. The average molecular weight is 872 g/mol. The van der Waals surface area contributed by atoms with Gasteiger partial charge < -0.3 is 45.0 Å². The molecule has 3 aliphatic rings. The van der Waals surface area contributed by atoms with Crippen molar-refractivity contribution in [3.63, 3.8) is 0 Å². The minimum Gasteiger partial charge on any atom is -0.379 e. The fourth-order valence-electron chi connectivity index (χ4n) is 6.18. The van der Waals surface area contributed by atoms with E-state index in [1.807, 2.05) is 48.5 Å². The molecular weight excluding hydrogens is 819 g/mol. The van der Waals surface area contributed by atoms with Gasteiger partial charge in [0, 0.05) is 106 Å². The molecule has 0 aliphatic carbocycles. The van der Waals surface area contributed by atoms with E-state index >= 15 is 0 Å². The number of carbonyl (C=O) groups excluding carboxylic acids is 5. The summed E-state index contributed by atoms with van der Waals surface area (Å²) < 4.78 is 11.2. The van der Waals surface area contributed by atoms with Gasteiger partial charge in [0.2, 0.25) is 17.7 Å². The number of nitrogens with zero attached hydrogens (tertiary/aromatic N) is 4. The van der Waals surface area contributed by atoms with Crippen LogP contribution in [0.3, 0.4) is 0 Å². The quantitative estimate of drug-likeness (QED) is 0.114. The van der Waals surface area contributed by atoms with Crippen LogP contribution in [0.5, 0.6) is 0 Å². The first-order chi connectivity index (χ1) is 28.4. The van der Waals surface area contributed by atoms with Crippen LogP contribution in [0, 0.1) is 11.8 Å². The van der Waals surface area contributed by atoms with Crippen LogP contribution in [0.15, 0.2) is 48.5 Å². The molecule has 3 heterocycles. The van der Waals surface area contributed by atoms with Gasteiger partial charge in [-0.25, -0.2) is 9.59 Å². The summed E-state index contributed by atoms with van der Waals surface area (Å²) >= 11 is 0. The Labute approximate surface area is 357 Å². The topological polar surface area (TPSA) is 153 Å². The number of benzene rings is 2. The molecule has 2 fully saturated rings. The smallest absolute Gasteiger partial charge is 0.317 e. The molecule has 0 spiro atoms. The van der Waals surface area contributed by atoms with Gasteiger partial charge in [0.25, 0.3) is 0 Å².